The predicted molar refractivity (Wildman–Crippen MR) is 133 cm³/mol. The molecular formula is C27H33NO6S. The van der Waals surface area contributed by atoms with E-state index in [1.54, 1.807) is 25.1 Å². The topological polar surface area (TPSA) is 87.9 Å². The van der Waals surface area contributed by atoms with Crippen LogP contribution in [0.15, 0.2) is 51.8 Å². The van der Waals surface area contributed by atoms with Crippen LogP contribution in [-0.4, -0.2) is 32.2 Å². The minimum atomic E-state index is -3.90. The number of ether oxygens (including phenoxy) is 2. The zero-order valence-corrected chi connectivity index (χ0v) is 21.6. The number of nitrogens with zero attached hydrogens (tertiary/aromatic N) is 1. The zero-order valence-electron chi connectivity index (χ0n) is 20.7. The van der Waals surface area contributed by atoms with Gasteiger partial charge in [-0.25, -0.2) is 4.98 Å². The van der Waals surface area contributed by atoms with Gasteiger partial charge in [-0.1, -0.05) is 30.2 Å². The summed E-state index contributed by atoms with van der Waals surface area (Å²) in [5.41, 5.74) is 3.73. The molecule has 0 aliphatic heterocycles. The number of hydrogen-bond donors (Lipinski definition) is 0. The van der Waals surface area contributed by atoms with E-state index >= 15 is 0 Å². The second kappa shape index (κ2) is 10.9. The van der Waals surface area contributed by atoms with Gasteiger partial charge in [-0.3, -0.25) is 4.18 Å². The van der Waals surface area contributed by atoms with Gasteiger partial charge in [0.2, 0.25) is 5.89 Å². The maximum atomic E-state index is 12.6. The van der Waals surface area contributed by atoms with Crippen molar-refractivity contribution in [1.29, 1.82) is 0 Å². The highest BCUT2D eigenvalue weighted by molar-refractivity contribution is 7.86. The monoisotopic (exact) mass is 499 g/mol. The van der Waals surface area contributed by atoms with Gasteiger partial charge in [0.05, 0.1) is 19.3 Å². The number of aryl methyl sites for hydroxylation is 3. The van der Waals surface area contributed by atoms with E-state index in [1.807, 2.05) is 45.0 Å². The van der Waals surface area contributed by atoms with Gasteiger partial charge in [0.25, 0.3) is 0 Å². The number of rotatable bonds is 9. The minimum absolute atomic E-state index is 0.0458. The third-order valence-electron chi connectivity index (χ3n) is 6.15. The Bertz CT molecular complexity index is 1270. The van der Waals surface area contributed by atoms with Gasteiger partial charge in [0.1, 0.15) is 28.2 Å². The van der Waals surface area contributed by atoms with Crippen LogP contribution < -0.4 is 4.74 Å². The van der Waals surface area contributed by atoms with Gasteiger partial charge in [0.15, 0.2) is 0 Å². The fourth-order valence-electron chi connectivity index (χ4n) is 4.33. The van der Waals surface area contributed by atoms with Crippen molar-refractivity contribution in [2.75, 3.05) is 6.61 Å². The van der Waals surface area contributed by atoms with Gasteiger partial charge in [-0.15, -0.1) is 0 Å². The Balaban J connectivity index is 1.50. The molecule has 1 aliphatic carbocycles. The SMILES string of the molecule is CCOS(=O)(=O)c1ccc(C)cc1O[C@@H]1CCCCC1OCc1nc(-c2cccc(C)c2)oc1C. The normalized spacial score (nSPS) is 18.5. The van der Waals surface area contributed by atoms with E-state index < -0.39 is 10.1 Å². The first-order valence-electron chi connectivity index (χ1n) is 12.1. The molecule has 1 aromatic heterocycles. The Labute approximate surface area is 207 Å². The predicted octanol–water partition coefficient (Wildman–Crippen LogP) is 5.90. The van der Waals surface area contributed by atoms with E-state index in [9.17, 15) is 8.42 Å². The smallest absolute Gasteiger partial charge is 0.300 e. The Morgan fingerprint density at radius 2 is 1.74 bits per heavy atom. The van der Waals surface area contributed by atoms with Crippen molar-refractivity contribution >= 4 is 10.1 Å². The summed E-state index contributed by atoms with van der Waals surface area (Å²) in [5.74, 6) is 1.60. The highest BCUT2D eigenvalue weighted by Gasteiger charge is 2.31. The molecule has 0 amide bonds. The summed E-state index contributed by atoms with van der Waals surface area (Å²) in [6.45, 7) is 7.82. The summed E-state index contributed by atoms with van der Waals surface area (Å²) in [4.78, 5) is 4.71. The zero-order chi connectivity index (χ0) is 25.0. The molecule has 8 heteroatoms. The van der Waals surface area contributed by atoms with Gasteiger partial charge in [-0.2, -0.15) is 8.42 Å². The third kappa shape index (κ3) is 6.12. The summed E-state index contributed by atoms with van der Waals surface area (Å²) < 4.78 is 48.7. The lowest BCUT2D eigenvalue weighted by Crippen LogP contribution is -2.37. The second-order valence-electron chi connectivity index (χ2n) is 8.99. The molecule has 3 aromatic rings. The molecule has 0 N–H and O–H groups in total. The lowest BCUT2D eigenvalue weighted by atomic mass is 9.94. The highest BCUT2D eigenvalue weighted by Crippen LogP contribution is 2.32. The van der Waals surface area contributed by atoms with Crippen LogP contribution in [0, 0.1) is 20.8 Å². The lowest BCUT2D eigenvalue weighted by molar-refractivity contribution is -0.0574. The van der Waals surface area contributed by atoms with E-state index in [4.69, 9.17) is 18.1 Å². The van der Waals surface area contributed by atoms with Gasteiger partial charge < -0.3 is 13.9 Å². The van der Waals surface area contributed by atoms with Crippen molar-refractivity contribution in [1.82, 2.24) is 4.98 Å². The van der Waals surface area contributed by atoms with E-state index in [0.29, 0.717) is 18.2 Å². The summed E-state index contributed by atoms with van der Waals surface area (Å²) in [5, 5.41) is 0. The summed E-state index contributed by atoms with van der Waals surface area (Å²) in [6, 6.07) is 13.1. The third-order valence-corrected chi connectivity index (χ3v) is 7.58. The van der Waals surface area contributed by atoms with E-state index in [-0.39, 0.29) is 23.7 Å². The molecule has 0 saturated heterocycles. The molecule has 0 spiro atoms. The van der Waals surface area contributed by atoms with Crippen molar-refractivity contribution in [3.63, 3.8) is 0 Å². The van der Waals surface area contributed by atoms with E-state index in [2.05, 4.69) is 4.98 Å². The molecule has 0 bridgehead atoms. The number of aromatic nitrogens is 1. The fourth-order valence-corrected chi connectivity index (χ4v) is 5.36. The molecule has 35 heavy (non-hydrogen) atoms. The van der Waals surface area contributed by atoms with Crippen LogP contribution >= 0.6 is 0 Å². The Hall–Kier alpha value is -2.68. The van der Waals surface area contributed by atoms with Crippen LogP contribution in [0.25, 0.3) is 11.5 Å². The van der Waals surface area contributed by atoms with Gasteiger partial charge in [0, 0.05) is 5.56 Å². The Morgan fingerprint density at radius 1 is 1.00 bits per heavy atom. The van der Waals surface area contributed by atoms with Crippen LogP contribution in [0.1, 0.15) is 55.2 Å². The molecule has 1 fully saturated rings. The molecule has 1 heterocycles. The number of hydrogen-bond acceptors (Lipinski definition) is 7. The maximum Gasteiger partial charge on any atom is 0.300 e. The number of oxazole rings is 1. The largest absolute Gasteiger partial charge is 0.486 e. The molecule has 1 saturated carbocycles. The molecule has 2 aromatic carbocycles. The number of benzene rings is 2. The van der Waals surface area contributed by atoms with E-state index in [0.717, 1.165) is 53.8 Å². The quantitative estimate of drug-likeness (QED) is 0.339. The van der Waals surface area contributed by atoms with Crippen LogP contribution in [0.4, 0.5) is 0 Å². The highest BCUT2D eigenvalue weighted by atomic mass is 32.2. The van der Waals surface area contributed by atoms with Crippen molar-refractivity contribution in [3.8, 4) is 17.2 Å². The van der Waals surface area contributed by atoms with Crippen LogP contribution in [0.2, 0.25) is 0 Å². The average molecular weight is 500 g/mol. The summed E-state index contributed by atoms with van der Waals surface area (Å²) >= 11 is 0. The maximum absolute atomic E-state index is 12.6. The molecule has 1 unspecified atom stereocenters. The van der Waals surface area contributed by atoms with Crippen molar-refractivity contribution in [2.45, 2.75) is 77.1 Å². The Morgan fingerprint density at radius 3 is 2.49 bits per heavy atom. The summed E-state index contributed by atoms with van der Waals surface area (Å²) in [6.07, 6.45) is 3.15. The van der Waals surface area contributed by atoms with Crippen molar-refractivity contribution < 1.29 is 26.5 Å². The van der Waals surface area contributed by atoms with Crippen LogP contribution in [0.3, 0.4) is 0 Å². The first kappa shape index (κ1) is 25.4. The van der Waals surface area contributed by atoms with Crippen molar-refractivity contribution in [2.24, 2.45) is 0 Å². The molecule has 7 nitrogen and oxygen atoms in total. The van der Waals surface area contributed by atoms with Crippen LogP contribution in [0.5, 0.6) is 5.75 Å². The standard InChI is InChI=1S/C27H33NO6S/c1-5-32-35(29,30)26-14-13-19(3)16-25(26)34-24-12-7-6-11-23(24)31-17-22-20(4)33-27(28-22)21-10-8-9-18(2)15-21/h8-10,13-16,23-24H,5-7,11-12,17H2,1-4H3/t23?,24-/m1/s1. The first-order valence-corrected chi connectivity index (χ1v) is 13.5. The van der Waals surface area contributed by atoms with Gasteiger partial charge in [-0.05, 0) is 76.8 Å². The molecular weight excluding hydrogens is 466 g/mol. The lowest BCUT2D eigenvalue weighted by Gasteiger charge is -2.32. The first-order chi connectivity index (χ1) is 16.8. The fraction of sp³-hybridized carbons (Fsp3) is 0.444. The molecule has 2 atom stereocenters. The Kier molecular flexibility index (Phi) is 7.94. The molecule has 1 aliphatic rings. The minimum Gasteiger partial charge on any atom is -0.486 e. The van der Waals surface area contributed by atoms with E-state index in [1.165, 1.54) is 0 Å². The average Bonchev–Trinajstić information content (AvgIpc) is 3.19. The summed E-state index contributed by atoms with van der Waals surface area (Å²) in [7, 11) is -3.90. The second-order valence-corrected chi connectivity index (χ2v) is 10.6. The molecule has 4 rings (SSSR count). The van der Waals surface area contributed by atoms with Crippen LogP contribution in [-0.2, 0) is 25.6 Å². The van der Waals surface area contributed by atoms with Crippen molar-refractivity contribution in [3.05, 3.63) is 65.0 Å². The molecule has 188 valence electrons. The molecule has 0 radical (unpaired) electrons. The van der Waals surface area contributed by atoms with Gasteiger partial charge >= 0.3 is 10.1 Å².